The van der Waals surface area contributed by atoms with Crippen molar-refractivity contribution in [2.75, 3.05) is 0 Å². The fourth-order valence-corrected chi connectivity index (χ4v) is 1.77. The maximum Gasteiger partial charge on any atom is 0.326 e. The van der Waals surface area contributed by atoms with Crippen molar-refractivity contribution in [3.8, 4) is 11.3 Å². The van der Waals surface area contributed by atoms with Crippen LogP contribution in [0, 0.1) is 6.92 Å². The van der Waals surface area contributed by atoms with Crippen molar-refractivity contribution in [2.24, 2.45) is 0 Å². The van der Waals surface area contributed by atoms with Crippen LogP contribution in [0.3, 0.4) is 0 Å². The molecule has 90 valence electrons. The van der Waals surface area contributed by atoms with Gasteiger partial charge in [-0.3, -0.25) is 9.78 Å². The van der Waals surface area contributed by atoms with Gasteiger partial charge in [0, 0.05) is 5.56 Å². The number of benzene rings is 1. The molecule has 2 N–H and O–H groups in total. The van der Waals surface area contributed by atoms with Gasteiger partial charge in [0.05, 0.1) is 0 Å². The van der Waals surface area contributed by atoms with Gasteiger partial charge in [-0.2, -0.15) is 0 Å². The minimum Gasteiger partial charge on any atom is -0.348 e. The summed E-state index contributed by atoms with van der Waals surface area (Å²) in [5, 5.41) is 3.83. The predicted octanol–water partition coefficient (Wildman–Crippen LogP) is 1.18. The van der Waals surface area contributed by atoms with E-state index >= 15 is 0 Å². The number of fused-ring (bicyclic) bond motifs is 1. The van der Waals surface area contributed by atoms with Crippen molar-refractivity contribution in [3.05, 3.63) is 50.7 Å². The Balaban J connectivity index is 2.33. The van der Waals surface area contributed by atoms with Crippen LogP contribution >= 0.6 is 0 Å². The van der Waals surface area contributed by atoms with Gasteiger partial charge in [-0.05, 0) is 6.92 Å². The first-order valence-corrected chi connectivity index (χ1v) is 5.34. The van der Waals surface area contributed by atoms with Gasteiger partial charge in [0.1, 0.15) is 11.2 Å². The summed E-state index contributed by atoms with van der Waals surface area (Å²) >= 11 is 0. The molecular weight excluding hydrogens is 234 g/mol. The lowest BCUT2D eigenvalue weighted by Crippen LogP contribution is -2.21. The summed E-state index contributed by atoms with van der Waals surface area (Å²) in [5.74, 6) is 0. The van der Waals surface area contributed by atoms with Gasteiger partial charge >= 0.3 is 5.69 Å². The summed E-state index contributed by atoms with van der Waals surface area (Å²) in [5.41, 5.74) is 1.51. The highest BCUT2D eigenvalue weighted by Gasteiger charge is 2.14. The smallest absolute Gasteiger partial charge is 0.326 e. The maximum atomic E-state index is 11.5. The Morgan fingerprint density at radius 1 is 1.11 bits per heavy atom. The van der Waals surface area contributed by atoms with Crippen molar-refractivity contribution in [3.63, 3.8) is 0 Å². The predicted molar refractivity (Wildman–Crippen MR) is 65.4 cm³/mol. The quantitative estimate of drug-likeness (QED) is 0.671. The average Bonchev–Trinajstić information content (AvgIpc) is 2.74. The largest absolute Gasteiger partial charge is 0.348 e. The van der Waals surface area contributed by atoms with E-state index in [1.54, 1.807) is 0 Å². The summed E-state index contributed by atoms with van der Waals surface area (Å²) in [6.45, 7) is 1.97. The fourth-order valence-electron chi connectivity index (χ4n) is 1.77. The number of aryl methyl sites for hydroxylation is 1. The van der Waals surface area contributed by atoms with E-state index in [4.69, 9.17) is 4.52 Å². The number of hydrogen-bond donors (Lipinski definition) is 2. The molecule has 0 saturated heterocycles. The number of nitrogens with one attached hydrogen (secondary N) is 2. The lowest BCUT2D eigenvalue weighted by atomic mass is 10.1. The van der Waals surface area contributed by atoms with Crippen LogP contribution in [-0.2, 0) is 0 Å². The van der Waals surface area contributed by atoms with Crippen LogP contribution < -0.4 is 11.2 Å². The minimum absolute atomic E-state index is 0.0187. The van der Waals surface area contributed by atoms with Crippen molar-refractivity contribution in [1.29, 1.82) is 0 Å². The third-order valence-electron chi connectivity index (χ3n) is 2.69. The number of aromatic amines is 2. The Labute approximate surface area is 100 Å². The zero-order valence-electron chi connectivity index (χ0n) is 9.48. The van der Waals surface area contributed by atoms with E-state index in [1.165, 1.54) is 0 Å². The van der Waals surface area contributed by atoms with Gasteiger partial charge in [-0.1, -0.05) is 35.0 Å². The zero-order chi connectivity index (χ0) is 12.7. The van der Waals surface area contributed by atoms with Crippen molar-refractivity contribution >= 4 is 11.1 Å². The lowest BCUT2D eigenvalue weighted by Gasteiger charge is -1.97. The Bertz CT molecular complexity index is 824. The van der Waals surface area contributed by atoms with Crippen LogP contribution in [0.1, 0.15) is 5.56 Å². The third kappa shape index (κ3) is 1.55. The van der Waals surface area contributed by atoms with E-state index in [0.717, 1.165) is 11.1 Å². The van der Waals surface area contributed by atoms with Gasteiger partial charge in [-0.25, -0.2) is 4.79 Å². The van der Waals surface area contributed by atoms with Crippen molar-refractivity contribution in [1.82, 2.24) is 15.1 Å². The van der Waals surface area contributed by atoms with Gasteiger partial charge in [0.25, 0.3) is 5.56 Å². The highest BCUT2D eigenvalue weighted by Crippen LogP contribution is 2.23. The summed E-state index contributed by atoms with van der Waals surface area (Å²) in [4.78, 5) is 27.4. The fraction of sp³-hybridized carbons (Fsp3) is 0.0833. The second-order valence-corrected chi connectivity index (χ2v) is 4.01. The average molecular weight is 243 g/mol. The molecule has 0 aliphatic carbocycles. The first-order chi connectivity index (χ1) is 8.65. The molecule has 6 nitrogen and oxygen atoms in total. The Hall–Kier alpha value is -2.63. The van der Waals surface area contributed by atoms with E-state index in [2.05, 4.69) is 15.1 Å². The van der Waals surface area contributed by atoms with E-state index in [0.29, 0.717) is 11.2 Å². The molecule has 3 aromatic rings. The van der Waals surface area contributed by atoms with Crippen LogP contribution in [0.4, 0.5) is 0 Å². The Kier molecular flexibility index (Phi) is 2.16. The highest BCUT2D eigenvalue weighted by atomic mass is 16.5. The molecular formula is C12H9N3O3. The SMILES string of the molecule is Cc1ccc(-c2noc3c(=O)[nH]c(=O)[nH]c23)cc1. The highest BCUT2D eigenvalue weighted by molar-refractivity contribution is 5.87. The maximum absolute atomic E-state index is 11.5. The molecule has 0 atom stereocenters. The third-order valence-corrected chi connectivity index (χ3v) is 2.69. The van der Waals surface area contributed by atoms with Crippen LogP contribution in [0.15, 0.2) is 38.4 Å². The molecule has 0 aliphatic heterocycles. The first-order valence-electron chi connectivity index (χ1n) is 5.34. The Morgan fingerprint density at radius 2 is 1.83 bits per heavy atom. The second kappa shape index (κ2) is 3.69. The molecule has 0 fully saturated rings. The number of H-pyrrole nitrogens is 2. The molecule has 6 heteroatoms. The number of rotatable bonds is 1. The van der Waals surface area contributed by atoms with Crippen LogP contribution in [0.2, 0.25) is 0 Å². The van der Waals surface area contributed by atoms with E-state index in [9.17, 15) is 9.59 Å². The van der Waals surface area contributed by atoms with Crippen LogP contribution in [-0.4, -0.2) is 15.1 Å². The molecule has 2 aromatic heterocycles. The number of aromatic nitrogens is 3. The normalized spacial score (nSPS) is 10.9. The van der Waals surface area contributed by atoms with Crippen LogP contribution in [0.25, 0.3) is 22.4 Å². The second-order valence-electron chi connectivity index (χ2n) is 4.01. The van der Waals surface area contributed by atoms with E-state index < -0.39 is 11.2 Å². The van der Waals surface area contributed by atoms with Gasteiger partial charge in [-0.15, -0.1) is 0 Å². The van der Waals surface area contributed by atoms with Crippen molar-refractivity contribution < 1.29 is 4.52 Å². The van der Waals surface area contributed by atoms with Crippen LogP contribution in [0.5, 0.6) is 0 Å². The number of hydrogen-bond acceptors (Lipinski definition) is 4. The molecule has 0 saturated carbocycles. The molecule has 0 unspecified atom stereocenters. The van der Waals surface area contributed by atoms with E-state index in [1.807, 2.05) is 31.2 Å². The van der Waals surface area contributed by atoms with Gasteiger partial charge in [0.15, 0.2) is 0 Å². The molecule has 0 aliphatic rings. The molecule has 2 heterocycles. The minimum atomic E-state index is -0.584. The Morgan fingerprint density at radius 3 is 2.56 bits per heavy atom. The molecule has 1 aromatic carbocycles. The summed E-state index contributed by atoms with van der Waals surface area (Å²) in [7, 11) is 0. The number of nitrogens with zero attached hydrogens (tertiary/aromatic N) is 1. The van der Waals surface area contributed by atoms with Gasteiger partial charge in [0.2, 0.25) is 5.58 Å². The summed E-state index contributed by atoms with van der Waals surface area (Å²) in [6.07, 6.45) is 0. The topological polar surface area (TPSA) is 91.8 Å². The molecule has 0 radical (unpaired) electrons. The standard InChI is InChI=1S/C12H9N3O3/c1-6-2-4-7(5-3-6)8-9-10(18-15-8)11(16)14-12(17)13-9/h2-5H,1H3,(H2,13,14,16,17). The molecule has 0 amide bonds. The zero-order valence-corrected chi connectivity index (χ0v) is 9.48. The van der Waals surface area contributed by atoms with Crippen molar-refractivity contribution in [2.45, 2.75) is 6.92 Å². The monoisotopic (exact) mass is 243 g/mol. The molecule has 0 spiro atoms. The summed E-state index contributed by atoms with van der Waals surface area (Å²) < 4.78 is 4.96. The lowest BCUT2D eigenvalue weighted by molar-refractivity contribution is 0.456. The van der Waals surface area contributed by atoms with E-state index in [-0.39, 0.29) is 5.58 Å². The molecule has 0 bridgehead atoms. The summed E-state index contributed by atoms with van der Waals surface area (Å²) in [6, 6.07) is 7.54. The van der Waals surface area contributed by atoms with Gasteiger partial charge < -0.3 is 9.51 Å². The molecule has 3 rings (SSSR count). The molecule has 18 heavy (non-hydrogen) atoms. The first kappa shape index (κ1) is 10.5.